The fourth-order valence-corrected chi connectivity index (χ4v) is 4.64. The zero-order chi connectivity index (χ0) is 22.0. The number of benzene rings is 2. The minimum Gasteiger partial charge on any atom is -0.339 e. The number of halogens is 1. The van der Waals surface area contributed by atoms with Gasteiger partial charge in [0, 0.05) is 38.1 Å². The molecular weight excluding hydrogens is 436 g/mol. The quantitative estimate of drug-likeness (QED) is 0.445. The Morgan fingerprint density at radius 3 is 2.45 bits per heavy atom. The normalized spacial score (nSPS) is 14.1. The summed E-state index contributed by atoms with van der Waals surface area (Å²) in [6.07, 6.45) is 0. The van der Waals surface area contributed by atoms with Crippen molar-refractivity contribution in [3.63, 3.8) is 0 Å². The summed E-state index contributed by atoms with van der Waals surface area (Å²) in [5.41, 5.74) is 0.967. The number of fused-ring (bicyclic) bond motifs is 1. The van der Waals surface area contributed by atoms with E-state index in [9.17, 15) is 14.4 Å². The molecule has 0 radical (unpaired) electrons. The lowest BCUT2D eigenvalue weighted by molar-refractivity contribution is -0.136. The number of thioether (sulfide) groups is 1. The van der Waals surface area contributed by atoms with Gasteiger partial charge < -0.3 is 9.80 Å². The van der Waals surface area contributed by atoms with Gasteiger partial charge in [-0.1, -0.05) is 41.6 Å². The Hall–Kier alpha value is -2.84. The largest absolute Gasteiger partial charge is 0.339 e. The molecule has 0 atom stereocenters. The Morgan fingerprint density at radius 1 is 1.03 bits per heavy atom. The second kappa shape index (κ2) is 9.11. The Labute approximate surface area is 188 Å². The minimum absolute atomic E-state index is 0.0207. The van der Waals surface area contributed by atoms with Gasteiger partial charge in [-0.15, -0.1) is 0 Å². The van der Waals surface area contributed by atoms with E-state index in [1.165, 1.54) is 23.3 Å². The predicted molar refractivity (Wildman–Crippen MR) is 122 cm³/mol. The van der Waals surface area contributed by atoms with E-state index in [1.807, 2.05) is 6.07 Å². The topological polar surface area (TPSA) is 75.5 Å². The van der Waals surface area contributed by atoms with Gasteiger partial charge in [0.15, 0.2) is 5.16 Å². The van der Waals surface area contributed by atoms with Crippen molar-refractivity contribution in [1.82, 2.24) is 19.4 Å². The molecule has 3 aromatic rings. The first-order chi connectivity index (χ1) is 14.9. The Bertz CT molecular complexity index is 1200. The van der Waals surface area contributed by atoms with E-state index in [-0.39, 0.29) is 23.1 Å². The van der Waals surface area contributed by atoms with E-state index in [0.29, 0.717) is 52.9 Å². The smallest absolute Gasteiger partial charge is 0.266 e. The van der Waals surface area contributed by atoms with Gasteiger partial charge in [0.05, 0.1) is 22.3 Å². The Morgan fingerprint density at radius 2 is 1.74 bits per heavy atom. The lowest BCUT2D eigenvalue weighted by Gasteiger charge is -2.34. The van der Waals surface area contributed by atoms with Crippen LogP contribution in [0.15, 0.2) is 58.5 Å². The highest BCUT2D eigenvalue weighted by Gasteiger charge is 2.23. The molecule has 2 heterocycles. The number of carbonyl (C=O) groups excluding carboxylic acids is 2. The molecule has 0 aliphatic carbocycles. The summed E-state index contributed by atoms with van der Waals surface area (Å²) in [6, 6.07) is 14.1. The minimum atomic E-state index is -0.210. The third-order valence-electron chi connectivity index (χ3n) is 5.21. The van der Waals surface area contributed by atoms with Crippen LogP contribution in [-0.4, -0.2) is 63.1 Å². The van der Waals surface area contributed by atoms with Crippen LogP contribution in [0, 0.1) is 0 Å². The molecular formula is C22H21ClN4O3S. The van der Waals surface area contributed by atoms with Crippen molar-refractivity contribution >= 4 is 46.1 Å². The van der Waals surface area contributed by atoms with Gasteiger partial charge in [0.2, 0.25) is 11.8 Å². The molecule has 1 aliphatic heterocycles. The third-order valence-corrected chi connectivity index (χ3v) is 6.37. The zero-order valence-electron chi connectivity index (χ0n) is 17.0. The maximum atomic E-state index is 13.2. The molecule has 2 amide bonds. The van der Waals surface area contributed by atoms with Gasteiger partial charge in [-0.2, -0.15) is 0 Å². The van der Waals surface area contributed by atoms with E-state index in [2.05, 4.69) is 4.98 Å². The van der Waals surface area contributed by atoms with Crippen LogP contribution in [0.2, 0.25) is 5.02 Å². The molecule has 1 fully saturated rings. The molecule has 9 heteroatoms. The van der Waals surface area contributed by atoms with Crippen LogP contribution in [0.3, 0.4) is 0 Å². The Kier molecular flexibility index (Phi) is 6.29. The highest BCUT2D eigenvalue weighted by Crippen LogP contribution is 2.23. The van der Waals surface area contributed by atoms with Crippen LogP contribution in [0.5, 0.6) is 0 Å². The summed E-state index contributed by atoms with van der Waals surface area (Å²) < 4.78 is 1.50. The first-order valence-corrected chi connectivity index (χ1v) is 11.2. The van der Waals surface area contributed by atoms with E-state index in [0.717, 1.165) is 0 Å². The monoisotopic (exact) mass is 456 g/mol. The summed E-state index contributed by atoms with van der Waals surface area (Å²) in [4.78, 5) is 45.6. The molecule has 1 saturated heterocycles. The second-order valence-corrected chi connectivity index (χ2v) is 8.59. The molecule has 0 saturated carbocycles. The summed E-state index contributed by atoms with van der Waals surface area (Å²) >= 11 is 7.37. The van der Waals surface area contributed by atoms with Crippen molar-refractivity contribution in [2.24, 2.45) is 0 Å². The van der Waals surface area contributed by atoms with Gasteiger partial charge in [0.25, 0.3) is 5.56 Å². The van der Waals surface area contributed by atoms with Gasteiger partial charge in [-0.05, 0) is 30.3 Å². The van der Waals surface area contributed by atoms with Crippen molar-refractivity contribution in [2.75, 3.05) is 31.9 Å². The van der Waals surface area contributed by atoms with Gasteiger partial charge in [-0.25, -0.2) is 4.98 Å². The van der Waals surface area contributed by atoms with Crippen molar-refractivity contribution in [1.29, 1.82) is 0 Å². The maximum absolute atomic E-state index is 13.2. The number of carbonyl (C=O) groups is 2. The average molecular weight is 457 g/mol. The zero-order valence-corrected chi connectivity index (χ0v) is 18.5. The maximum Gasteiger partial charge on any atom is 0.266 e. The van der Waals surface area contributed by atoms with Crippen LogP contribution in [0.1, 0.15) is 6.92 Å². The van der Waals surface area contributed by atoms with Crippen LogP contribution in [0.25, 0.3) is 16.6 Å². The molecule has 1 aliphatic rings. The summed E-state index contributed by atoms with van der Waals surface area (Å²) in [5.74, 6) is 0.117. The average Bonchev–Trinajstić information content (AvgIpc) is 2.77. The highest BCUT2D eigenvalue weighted by molar-refractivity contribution is 7.99. The fourth-order valence-electron chi connectivity index (χ4n) is 3.54. The molecule has 7 nitrogen and oxygen atoms in total. The highest BCUT2D eigenvalue weighted by atomic mass is 35.5. The van der Waals surface area contributed by atoms with E-state index in [4.69, 9.17) is 11.6 Å². The third kappa shape index (κ3) is 4.60. The number of amides is 2. The molecule has 0 N–H and O–H groups in total. The van der Waals surface area contributed by atoms with Crippen molar-refractivity contribution in [2.45, 2.75) is 12.1 Å². The summed E-state index contributed by atoms with van der Waals surface area (Å²) in [6.45, 7) is 3.62. The van der Waals surface area contributed by atoms with E-state index >= 15 is 0 Å². The first-order valence-electron chi connectivity index (χ1n) is 9.88. The molecule has 4 rings (SSSR count). The van der Waals surface area contributed by atoms with Crippen LogP contribution in [0.4, 0.5) is 0 Å². The first kappa shape index (κ1) is 21.4. The lowest BCUT2D eigenvalue weighted by Crippen LogP contribution is -2.50. The molecule has 2 aromatic carbocycles. The summed E-state index contributed by atoms with van der Waals surface area (Å²) in [7, 11) is 0. The number of hydrogen-bond acceptors (Lipinski definition) is 5. The molecule has 0 unspecified atom stereocenters. The number of para-hydroxylation sites is 1. The van der Waals surface area contributed by atoms with Crippen LogP contribution >= 0.6 is 23.4 Å². The number of piperazine rings is 1. The number of rotatable bonds is 4. The Balaban J connectivity index is 1.61. The van der Waals surface area contributed by atoms with Crippen molar-refractivity contribution in [3.05, 3.63) is 63.9 Å². The van der Waals surface area contributed by atoms with Crippen molar-refractivity contribution < 1.29 is 9.59 Å². The number of hydrogen-bond donors (Lipinski definition) is 0. The van der Waals surface area contributed by atoms with Gasteiger partial charge >= 0.3 is 0 Å². The fraction of sp³-hybridized carbons (Fsp3) is 0.273. The van der Waals surface area contributed by atoms with E-state index < -0.39 is 0 Å². The standard InChI is InChI=1S/C22H21ClN4O3S/c1-15(28)25-9-11-26(12-10-25)20(29)14-31-22-24-19-8-3-2-7-18(19)21(30)27(22)17-6-4-5-16(23)13-17/h2-8,13H,9-12,14H2,1H3. The predicted octanol–water partition coefficient (Wildman–Crippen LogP) is 2.82. The molecule has 1 aromatic heterocycles. The van der Waals surface area contributed by atoms with Crippen molar-refractivity contribution in [3.8, 4) is 5.69 Å². The second-order valence-electron chi connectivity index (χ2n) is 7.21. The van der Waals surface area contributed by atoms with Gasteiger partial charge in [0.1, 0.15) is 0 Å². The van der Waals surface area contributed by atoms with E-state index in [1.54, 1.807) is 52.3 Å². The van der Waals surface area contributed by atoms with Gasteiger partial charge in [-0.3, -0.25) is 19.0 Å². The molecule has 0 bridgehead atoms. The number of nitrogens with zero attached hydrogens (tertiary/aromatic N) is 4. The van der Waals surface area contributed by atoms with Crippen LogP contribution < -0.4 is 5.56 Å². The van der Waals surface area contributed by atoms with Crippen LogP contribution in [-0.2, 0) is 9.59 Å². The summed E-state index contributed by atoms with van der Waals surface area (Å²) in [5, 5.41) is 1.44. The lowest BCUT2D eigenvalue weighted by atomic mass is 10.2. The molecule has 0 spiro atoms. The molecule has 160 valence electrons. The number of aromatic nitrogens is 2. The SMILES string of the molecule is CC(=O)N1CCN(C(=O)CSc2nc3ccccc3c(=O)n2-c2cccc(Cl)c2)CC1. The molecule has 31 heavy (non-hydrogen) atoms.